The summed E-state index contributed by atoms with van der Waals surface area (Å²) in [5, 5.41) is 0.265. The van der Waals surface area contributed by atoms with Crippen molar-refractivity contribution in [1.29, 1.82) is 0 Å². The molecule has 0 radical (unpaired) electrons. The number of amides is 1. The molecule has 1 amide bonds. The number of ether oxygens (including phenoxy) is 1. The zero-order valence-electron chi connectivity index (χ0n) is 11.3. The molecule has 0 unspecified atom stereocenters. The van der Waals surface area contributed by atoms with Crippen LogP contribution in [-0.4, -0.2) is 27.0 Å². The average Bonchev–Trinajstić information content (AvgIpc) is 2.85. The van der Waals surface area contributed by atoms with Crippen LogP contribution in [0, 0.1) is 5.92 Å². The summed E-state index contributed by atoms with van der Waals surface area (Å²) in [7, 11) is -3.97. The van der Waals surface area contributed by atoms with Crippen LogP contribution in [0.3, 0.4) is 0 Å². The first-order valence-electron chi connectivity index (χ1n) is 6.48. The molecule has 1 N–H and O–H groups in total. The molecular formula is C13H15BrClNO4S. The minimum Gasteiger partial charge on any atom is -0.368 e. The van der Waals surface area contributed by atoms with Gasteiger partial charge in [-0.25, -0.2) is 13.1 Å². The molecule has 0 bridgehead atoms. The van der Waals surface area contributed by atoms with Crippen molar-refractivity contribution in [2.45, 2.75) is 30.8 Å². The van der Waals surface area contributed by atoms with Crippen molar-refractivity contribution in [3.05, 3.63) is 27.7 Å². The minimum atomic E-state index is -3.97. The molecule has 2 atom stereocenters. The number of nitrogens with one attached hydrogen (secondary N) is 1. The fourth-order valence-electron chi connectivity index (χ4n) is 2.27. The molecule has 2 rings (SSSR count). The number of carbonyl (C=O) groups is 1. The van der Waals surface area contributed by atoms with E-state index in [4.69, 9.17) is 16.3 Å². The smallest absolute Gasteiger partial charge is 0.264 e. The lowest BCUT2D eigenvalue weighted by Gasteiger charge is -2.16. The second kappa shape index (κ2) is 6.64. The quantitative estimate of drug-likeness (QED) is 0.849. The Morgan fingerprint density at radius 2 is 2.19 bits per heavy atom. The summed E-state index contributed by atoms with van der Waals surface area (Å²) in [6, 6.07) is 4.23. The van der Waals surface area contributed by atoms with Crippen LogP contribution < -0.4 is 4.72 Å². The van der Waals surface area contributed by atoms with Gasteiger partial charge in [0.15, 0.2) is 0 Å². The summed E-state index contributed by atoms with van der Waals surface area (Å²) in [4.78, 5) is 12.0. The van der Waals surface area contributed by atoms with Crippen molar-refractivity contribution in [1.82, 2.24) is 4.72 Å². The summed E-state index contributed by atoms with van der Waals surface area (Å²) in [5.41, 5.74) is 0. The van der Waals surface area contributed by atoms with Gasteiger partial charge >= 0.3 is 0 Å². The zero-order valence-corrected chi connectivity index (χ0v) is 14.5. The molecule has 1 saturated heterocycles. The van der Waals surface area contributed by atoms with Crippen LogP contribution in [0.2, 0.25) is 5.02 Å². The molecule has 1 aromatic rings. The lowest BCUT2D eigenvalue weighted by molar-refractivity contribution is -0.129. The van der Waals surface area contributed by atoms with Crippen molar-refractivity contribution in [2.24, 2.45) is 5.92 Å². The van der Waals surface area contributed by atoms with Crippen LogP contribution >= 0.6 is 27.5 Å². The molecule has 116 valence electrons. The van der Waals surface area contributed by atoms with E-state index >= 15 is 0 Å². The number of rotatable bonds is 4. The van der Waals surface area contributed by atoms with Crippen molar-refractivity contribution in [3.63, 3.8) is 0 Å². The Labute approximate surface area is 137 Å². The molecule has 0 aromatic heterocycles. The van der Waals surface area contributed by atoms with E-state index in [1.807, 2.05) is 6.92 Å². The SMILES string of the molecule is CC[C@@H]1CCO[C@@H]1C(=O)NS(=O)(=O)c1cc(Cl)cc(Br)c1. The van der Waals surface area contributed by atoms with Gasteiger partial charge in [-0.2, -0.15) is 0 Å². The lowest BCUT2D eigenvalue weighted by Crippen LogP contribution is -2.41. The summed E-state index contributed by atoms with van der Waals surface area (Å²) in [5.74, 6) is -0.582. The van der Waals surface area contributed by atoms with Gasteiger partial charge in [-0.1, -0.05) is 40.9 Å². The molecule has 1 aliphatic heterocycles. The summed E-state index contributed by atoms with van der Waals surface area (Å²) >= 11 is 9.01. The number of benzene rings is 1. The first-order chi connectivity index (χ1) is 9.83. The van der Waals surface area contributed by atoms with Crippen LogP contribution in [-0.2, 0) is 19.6 Å². The third-order valence-corrected chi connectivity index (χ3v) is 5.38. The third kappa shape index (κ3) is 3.97. The number of halogens is 2. The maximum atomic E-state index is 12.2. The lowest BCUT2D eigenvalue weighted by atomic mass is 9.98. The van der Waals surface area contributed by atoms with Gasteiger partial charge < -0.3 is 4.74 Å². The van der Waals surface area contributed by atoms with Gasteiger partial charge in [0.2, 0.25) is 0 Å². The average molecular weight is 397 g/mol. The number of sulfonamides is 1. The molecule has 0 saturated carbocycles. The van der Waals surface area contributed by atoms with Crippen molar-refractivity contribution in [3.8, 4) is 0 Å². The van der Waals surface area contributed by atoms with E-state index in [1.165, 1.54) is 12.1 Å². The standard InChI is InChI=1S/C13H15BrClNO4S/c1-2-8-3-4-20-12(8)13(17)16-21(18,19)11-6-9(14)5-10(15)7-11/h5-8,12H,2-4H2,1H3,(H,16,17)/t8-,12+/m1/s1. The fraction of sp³-hybridized carbons (Fsp3) is 0.462. The number of hydrogen-bond donors (Lipinski definition) is 1. The van der Waals surface area contributed by atoms with Crippen molar-refractivity contribution in [2.75, 3.05) is 6.61 Å². The highest BCUT2D eigenvalue weighted by Gasteiger charge is 2.35. The molecule has 5 nitrogen and oxygen atoms in total. The maximum Gasteiger partial charge on any atom is 0.264 e. The van der Waals surface area contributed by atoms with Crippen LogP contribution in [0.25, 0.3) is 0 Å². The fourth-order valence-corrected chi connectivity index (χ4v) is 4.41. The topological polar surface area (TPSA) is 72.5 Å². The molecule has 8 heteroatoms. The van der Waals surface area contributed by atoms with Gasteiger partial charge in [0.25, 0.3) is 15.9 Å². The molecule has 21 heavy (non-hydrogen) atoms. The Bertz CT molecular complexity index is 629. The van der Waals surface area contributed by atoms with E-state index in [1.54, 1.807) is 6.07 Å². The minimum absolute atomic E-state index is 0.0475. The highest BCUT2D eigenvalue weighted by atomic mass is 79.9. The molecule has 0 spiro atoms. The van der Waals surface area contributed by atoms with Gasteiger partial charge in [0.1, 0.15) is 6.10 Å². The summed E-state index contributed by atoms with van der Waals surface area (Å²) in [6.45, 7) is 2.42. The van der Waals surface area contributed by atoms with Gasteiger partial charge in [0.05, 0.1) is 4.90 Å². The van der Waals surface area contributed by atoms with E-state index < -0.39 is 22.0 Å². The van der Waals surface area contributed by atoms with Crippen molar-refractivity contribution < 1.29 is 17.9 Å². The third-order valence-electron chi connectivity index (χ3n) is 3.38. The van der Waals surface area contributed by atoms with E-state index in [2.05, 4.69) is 20.7 Å². The van der Waals surface area contributed by atoms with Gasteiger partial charge in [0, 0.05) is 16.1 Å². The molecule has 1 aromatic carbocycles. The van der Waals surface area contributed by atoms with Crippen LogP contribution in [0.5, 0.6) is 0 Å². The Hall–Kier alpha value is -0.630. The van der Waals surface area contributed by atoms with E-state index in [0.717, 1.165) is 12.8 Å². The van der Waals surface area contributed by atoms with Gasteiger partial charge in [-0.3, -0.25) is 4.79 Å². The Kier molecular flexibility index (Phi) is 5.29. The largest absolute Gasteiger partial charge is 0.368 e. The summed E-state index contributed by atoms with van der Waals surface area (Å²) in [6.07, 6.45) is 0.811. The monoisotopic (exact) mass is 395 g/mol. The van der Waals surface area contributed by atoms with Gasteiger partial charge in [-0.15, -0.1) is 0 Å². The predicted octanol–water partition coefficient (Wildman–Crippen LogP) is 2.72. The molecule has 1 aliphatic rings. The predicted molar refractivity (Wildman–Crippen MR) is 82.6 cm³/mol. The second-order valence-electron chi connectivity index (χ2n) is 4.82. The Morgan fingerprint density at radius 1 is 1.48 bits per heavy atom. The van der Waals surface area contributed by atoms with E-state index in [0.29, 0.717) is 11.1 Å². The highest BCUT2D eigenvalue weighted by Crippen LogP contribution is 2.26. The normalized spacial score (nSPS) is 22.2. The summed E-state index contributed by atoms with van der Waals surface area (Å²) < 4.78 is 32.4. The number of hydrogen-bond acceptors (Lipinski definition) is 4. The van der Waals surface area contributed by atoms with E-state index in [9.17, 15) is 13.2 Å². The molecular weight excluding hydrogens is 382 g/mol. The van der Waals surface area contributed by atoms with Crippen LogP contribution in [0.1, 0.15) is 19.8 Å². The first-order valence-corrected chi connectivity index (χ1v) is 9.13. The van der Waals surface area contributed by atoms with Crippen LogP contribution in [0.4, 0.5) is 0 Å². The highest BCUT2D eigenvalue weighted by molar-refractivity contribution is 9.10. The zero-order chi connectivity index (χ0) is 15.6. The first kappa shape index (κ1) is 16.7. The maximum absolute atomic E-state index is 12.2. The number of carbonyl (C=O) groups excluding carboxylic acids is 1. The Balaban J connectivity index is 2.19. The van der Waals surface area contributed by atoms with Crippen molar-refractivity contribution >= 4 is 43.5 Å². The molecule has 1 fully saturated rings. The van der Waals surface area contributed by atoms with Gasteiger partial charge in [-0.05, 0) is 30.5 Å². The molecule has 0 aliphatic carbocycles. The van der Waals surface area contributed by atoms with E-state index in [-0.39, 0.29) is 15.8 Å². The Morgan fingerprint density at radius 3 is 2.81 bits per heavy atom. The van der Waals surface area contributed by atoms with Crippen LogP contribution in [0.15, 0.2) is 27.6 Å². The second-order valence-corrected chi connectivity index (χ2v) is 7.86. The molecule has 1 heterocycles.